The van der Waals surface area contributed by atoms with E-state index in [-0.39, 0.29) is 35.5 Å². The summed E-state index contributed by atoms with van der Waals surface area (Å²) in [7, 11) is 0. The molecule has 0 unspecified atom stereocenters. The number of allylic oxidation sites excluding steroid dienone is 1. The molecule has 1 aromatic carbocycles. The smallest absolute Gasteiger partial charge is 0.310 e. The molecule has 0 aromatic heterocycles. The van der Waals surface area contributed by atoms with Crippen LogP contribution in [0.25, 0.3) is 0 Å². The highest BCUT2D eigenvalue weighted by Crippen LogP contribution is 2.60. The van der Waals surface area contributed by atoms with Crippen molar-refractivity contribution < 1.29 is 14.5 Å². The minimum Gasteiger partial charge on any atom is -0.461 e. The number of hydrogen-bond donors (Lipinski definition) is 0. The molecule has 7 heteroatoms. The van der Waals surface area contributed by atoms with Gasteiger partial charge < -0.3 is 4.74 Å². The van der Waals surface area contributed by atoms with Gasteiger partial charge in [-0.25, -0.2) is 0 Å². The molecule has 1 aromatic rings. The fraction of sp³-hybridized carbons (Fsp3) is 0.400. The molecule has 118 valence electrons. The van der Waals surface area contributed by atoms with Gasteiger partial charge in [-0.2, -0.15) is 0 Å². The zero-order chi connectivity index (χ0) is 16.5. The van der Waals surface area contributed by atoms with E-state index in [2.05, 4.69) is 31.9 Å². The second-order valence-corrected chi connectivity index (χ2v) is 8.59. The number of esters is 1. The Hall–Kier alpha value is -1.21. The molecule has 1 fully saturated rings. The van der Waals surface area contributed by atoms with Gasteiger partial charge in [0.15, 0.2) is 0 Å². The summed E-state index contributed by atoms with van der Waals surface area (Å²) >= 11 is 6.60. The molecule has 5 nitrogen and oxygen atoms in total. The molecule has 0 saturated heterocycles. The summed E-state index contributed by atoms with van der Waals surface area (Å²) in [5.41, 5.74) is 0.450. The molecule has 2 atom stereocenters. The van der Waals surface area contributed by atoms with E-state index in [1.54, 1.807) is 12.1 Å². The van der Waals surface area contributed by atoms with Crippen LogP contribution in [0.15, 0.2) is 33.7 Å². The number of nitrogens with zero attached hydrogens (tertiary/aromatic N) is 1. The van der Waals surface area contributed by atoms with Crippen molar-refractivity contribution in [3.8, 4) is 0 Å². The monoisotopic (exact) mass is 431 g/mol. The van der Waals surface area contributed by atoms with Crippen molar-refractivity contribution in [1.82, 2.24) is 0 Å². The van der Waals surface area contributed by atoms with Crippen LogP contribution in [0.5, 0.6) is 0 Å². The Morgan fingerprint density at radius 2 is 2.14 bits per heavy atom. The first-order valence-corrected chi connectivity index (χ1v) is 8.25. The van der Waals surface area contributed by atoms with Gasteiger partial charge in [-0.05, 0) is 48.8 Å². The number of rotatable bonds is 5. The number of nitro benzene ring substituents is 1. The van der Waals surface area contributed by atoms with Crippen molar-refractivity contribution >= 4 is 43.5 Å². The van der Waals surface area contributed by atoms with Crippen LogP contribution in [0, 0.1) is 27.4 Å². The molecule has 1 saturated carbocycles. The molecule has 0 bridgehead atoms. The number of halogens is 2. The van der Waals surface area contributed by atoms with Gasteiger partial charge in [0.1, 0.15) is 6.61 Å². The maximum absolute atomic E-state index is 12.2. The van der Waals surface area contributed by atoms with Crippen LogP contribution in [0.4, 0.5) is 5.69 Å². The predicted molar refractivity (Wildman–Crippen MR) is 89.6 cm³/mol. The Morgan fingerprint density at radius 3 is 2.73 bits per heavy atom. The second kappa shape index (κ2) is 6.50. The fourth-order valence-corrected chi connectivity index (χ4v) is 3.15. The molecule has 22 heavy (non-hydrogen) atoms. The SMILES string of the molecule is CC1(C)[C@H](C(=O)OCc2cccc([N+](=O)[O-])c2)[C@@H]1C=C(Br)Br. The number of nitro groups is 1. The number of ether oxygens (including phenoxy) is 1. The van der Waals surface area contributed by atoms with Gasteiger partial charge in [0.2, 0.25) is 0 Å². The van der Waals surface area contributed by atoms with Crippen molar-refractivity contribution in [1.29, 1.82) is 0 Å². The van der Waals surface area contributed by atoms with Gasteiger partial charge in [0.05, 0.1) is 14.2 Å². The first kappa shape index (κ1) is 17.1. The summed E-state index contributed by atoms with van der Waals surface area (Å²) in [5.74, 6) is -0.367. The van der Waals surface area contributed by atoms with E-state index >= 15 is 0 Å². The van der Waals surface area contributed by atoms with Crippen LogP contribution in [0.2, 0.25) is 0 Å². The average molecular weight is 433 g/mol. The fourth-order valence-electron chi connectivity index (χ4n) is 2.58. The van der Waals surface area contributed by atoms with E-state index < -0.39 is 4.92 Å². The Bertz CT molecular complexity index is 638. The summed E-state index contributed by atoms with van der Waals surface area (Å²) in [6.07, 6.45) is 1.94. The quantitative estimate of drug-likeness (QED) is 0.389. The Morgan fingerprint density at radius 1 is 1.45 bits per heavy atom. The van der Waals surface area contributed by atoms with Gasteiger partial charge in [-0.15, -0.1) is 0 Å². The molecule has 1 aliphatic carbocycles. The lowest BCUT2D eigenvalue weighted by atomic mass is 10.1. The maximum Gasteiger partial charge on any atom is 0.310 e. The molecular formula is C15H15Br2NO4. The summed E-state index contributed by atoms with van der Waals surface area (Å²) in [6.45, 7) is 4.06. The first-order chi connectivity index (χ1) is 10.2. The molecule has 1 aliphatic rings. The van der Waals surface area contributed by atoms with E-state index in [0.29, 0.717) is 5.56 Å². The van der Waals surface area contributed by atoms with E-state index in [0.717, 1.165) is 3.39 Å². The lowest BCUT2D eigenvalue weighted by molar-refractivity contribution is -0.384. The van der Waals surface area contributed by atoms with Gasteiger partial charge in [-0.1, -0.05) is 32.1 Å². The number of non-ortho nitro benzene ring substituents is 1. The number of carbonyl (C=O) groups excluding carboxylic acids is 1. The molecular weight excluding hydrogens is 418 g/mol. The summed E-state index contributed by atoms with van der Waals surface area (Å²) < 4.78 is 6.12. The topological polar surface area (TPSA) is 69.4 Å². The Balaban J connectivity index is 1.98. The van der Waals surface area contributed by atoms with Crippen LogP contribution < -0.4 is 0 Å². The van der Waals surface area contributed by atoms with E-state index in [1.165, 1.54) is 12.1 Å². The van der Waals surface area contributed by atoms with Gasteiger partial charge in [0.25, 0.3) is 5.69 Å². The van der Waals surface area contributed by atoms with Crippen LogP contribution in [-0.4, -0.2) is 10.9 Å². The van der Waals surface area contributed by atoms with Crippen LogP contribution in [0.3, 0.4) is 0 Å². The van der Waals surface area contributed by atoms with Gasteiger partial charge in [-0.3, -0.25) is 14.9 Å². The second-order valence-electron chi connectivity index (χ2n) is 5.82. The van der Waals surface area contributed by atoms with Crippen molar-refractivity contribution in [3.05, 3.63) is 49.4 Å². The highest BCUT2D eigenvalue weighted by Gasteiger charge is 2.61. The Kier molecular flexibility index (Phi) is 5.07. The molecule has 0 heterocycles. The third-order valence-electron chi connectivity index (χ3n) is 3.97. The van der Waals surface area contributed by atoms with E-state index in [4.69, 9.17) is 4.74 Å². The number of carbonyl (C=O) groups is 1. The maximum atomic E-state index is 12.2. The average Bonchev–Trinajstić information content (AvgIpc) is 2.96. The molecule has 0 amide bonds. The molecule has 2 rings (SSSR count). The van der Waals surface area contributed by atoms with E-state index in [9.17, 15) is 14.9 Å². The summed E-state index contributed by atoms with van der Waals surface area (Å²) in [6, 6.07) is 6.10. The third-order valence-corrected chi connectivity index (χ3v) is 4.50. The van der Waals surface area contributed by atoms with Gasteiger partial charge >= 0.3 is 5.97 Å². The summed E-state index contributed by atoms with van der Waals surface area (Å²) in [4.78, 5) is 22.4. The summed E-state index contributed by atoms with van der Waals surface area (Å²) in [5, 5.41) is 10.7. The largest absolute Gasteiger partial charge is 0.461 e. The standard InChI is InChI=1S/C15H15Br2NO4/c1-15(2)11(7-12(16)17)13(15)14(19)22-8-9-4-3-5-10(6-9)18(20)21/h3-7,11,13H,8H2,1-2H3/t11-,13-/m0/s1. The molecule has 0 aliphatic heterocycles. The zero-order valence-electron chi connectivity index (χ0n) is 12.1. The predicted octanol–water partition coefficient (Wildman–Crippen LogP) is 4.54. The lowest BCUT2D eigenvalue weighted by Crippen LogP contribution is -2.10. The van der Waals surface area contributed by atoms with Crippen molar-refractivity contribution in [2.24, 2.45) is 17.3 Å². The Labute approximate surface area is 145 Å². The normalized spacial score (nSPS) is 21.8. The third kappa shape index (κ3) is 3.76. The van der Waals surface area contributed by atoms with Gasteiger partial charge in [0, 0.05) is 12.1 Å². The van der Waals surface area contributed by atoms with Crippen LogP contribution in [-0.2, 0) is 16.1 Å². The van der Waals surface area contributed by atoms with Crippen LogP contribution >= 0.6 is 31.9 Å². The van der Waals surface area contributed by atoms with Crippen molar-refractivity contribution in [2.75, 3.05) is 0 Å². The van der Waals surface area contributed by atoms with Crippen molar-refractivity contribution in [3.63, 3.8) is 0 Å². The number of hydrogen-bond acceptors (Lipinski definition) is 4. The number of benzene rings is 1. The first-order valence-electron chi connectivity index (χ1n) is 6.66. The zero-order valence-corrected chi connectivity index (χ0v) is 15.3. The van der Waals surface area contributed by atoms with Crippen molar-refractivity contribution in [2.45, 2.75) is 20.5 Å². The highest BCUT2D eigenvalue weighted by atomic mass is 79.9. The highest BCUT2D eigenvalue weighted by molar-refractivity contribution is 9.28. The van der Waals surface area contributed by atoms with Crippen LogP contribution in [0.1, 0.15) is 19.4 Å². The lowest BCUT2D eigenvalue weighted by Gasteiger charge is -2.05. The minimum absolute atomic E-state index is 0.00988. The molecule has 0 N–H and O–H groups in total. The molecule has 0 spiro atoms. The molecule has 0 radical (unpaired) electrons. The minimum atomic E-state index is -0.469. The van der Waals surface area contributed by atoms with E-state index in [1.807, 2.05) is 19.9 Å².